The Kier molecular flexibility index (Phi) is 15.4. The van der Waals surface area contributed by atoms with E-state index in [1.807, 2.05) is 26.0 Å². The number of methoxy groups -OCH3 is 1. The van der Waals surface area contributed by atoms with Gasteiger partial charge in [-0.1, -0.05) is 105 Å². The Labute approximate surface area is 228 Å². The molecule has 200 valence electrons. The average Bonchev–Trinajstić information content (AvgIpc) is 2.87. The first kappa shape index (κ1) is 31.9. The standard InChI is InChI=1S/C19H27BrN2O2.C10H14.C2H6/c1-3-4-8-22-18-12-16(24-2)10-14(11-17(20)19(18)21)13-6-5-7-15(23)9-13;1-8(2)10-6-4-9(3)5-7-10;1-2/h5-7,9-10,16,18,22-23H,3-4,8,11-12,21H2,1-2H3;4-8H,1-3H3;1-2H3/b14-10+,19-17-;;. The number of nitrogens with two attached hydrogens (primary N) is 1. The smallest absolute Gasteiger partial charge is 0.116 e. The number of hydrogen-bond donors (Lipinski definition) is 3. The predicted molar refractivity (Wildman–Crippen MR) is 160 cm³/mol. The van der Waals surface area contributed by atoms with Gasteiger partial charge >= 0.3 is 0 Å². The Bertz CT molecular complexity index is 951. The maximum absolute atomic E-state index is 9.76. The van der Waals surface area contributed by atoms with Crippen LogP contribution < -0.4 is 11.1 Å². The van der Waals surface area contributed by atoms with E-state index in [1.165, 1.54) is 11.1 Å². The highest BCUT2D eigenvalue weighted by atomic mass is 79.9. The van der Waals surface area contributed by atoms with Gasteiger partial charge in [-0.15, -0.1) is 0 Å². The fraction of sp³-hybridized carbons (Fsp3) is 0.484. The van der Waals surface area contributed by atoms with Crippen molar-refractivity contribution < 1.29 is 9.84 Å². The van der Waals surface area contributed by atoms with Crippen LogP contribution >= 0.6 is 15.9 Å². The monoisotopic (exact) mass is 558 g/mol. The van der Waals surface area contributed by atoms with Crippen LogP contribution in [0, 0.1) is 6.92 Å². The van der Waals surface area contributed by atoms with Crippen LogP contribution in [0.3, 0.4) is 0 Å². The van der Waals surface area contributed by atoms with Gasteiger partial charge in [0.05, 0.1) is 12.1 Å². The van der Waals surface area contributed by atoms with Crippen molar-refractivity contribution in [1.29, 1.82) is 0 Å². The molecule has 3 rings (SSSR count). The van der Waals surface area contributed by atoms with Crippen molar-refractivity contribution >= 4 is 21.5 Å². The predicted octanol–water partition coefficient (Wildman–Crippen LogP) is 8.05. The first-order chi connectivity index (χ1) is 17.2. The number of allylic oxidation sites excluding steroid dienone is 2. The third-order valence-corrected chi connectivity index (χ3v) is 6.81. The van der Waals surface area contributed by atoms with Gasteiger partial charge in [0.2, 0.25) is 0 Å². The summed E-state index contributed by atoms with van der Waals surface area (Å²) < 4.78 is 6.64. The highest BCUT2D eigenvalue weighted by molar-refractivity contribution is 9.11. The van der Waals surface area contributed by atoms with Gasteiger partial charge in [-0.2, -0.15) is 0 Å². The van der Waals surface area contributed by atoms with Crippen molar-refractivity contribution in [1.82, 2.24) is 5.32 Å². The second-order valence-corrected chi connectivity index (χ2v) is 10.2. The maximum Gasteiger partial charge on any atom is 0.116 e. The van der Waals surface area contributed by atoms with E-state index in [2.05, 4.69) is 79.3 Å². The Hall–Kier alpha value is -2.08. The lowest BCUT2D eigenvalue weighted by atomic mass is 9.93. The summed E-state index contributed by atoms with van der Waals surface area (Å²) in [5.41, 5.74) is 12.1. The number of hydrogen-bond acceptors (Lipinski definition) is 4. The molecule has 4 N–H and O–H groups in total. The first-order valence-electron chi connectivity index (χ1n) is 13.2. The molecule has 0 saturated heterocycles. The third-order valence-electron chi connectivity index (χ3n) is 6.07. The fourth-order valence-electron chi connectivity index (χ4n) is 3.83. The minimum Gasteiger partial charge on any atom is -0.508 e. The quantitative estimate of drug-likeness (QED) is 0.300. The zero-order valence-electron chi connectivity index (χ0n) is 23.3. The van der Waals surface area contributed by atoms with Crippen LogP contribution in [0.15, 0.2) is 64.8 Å². The summed E-state index contributed by atoms with van der Waals surface area (Å²) in [5.74, 6) is 0.914. The van der Waals surface area contributed by atoms with Crippen LogP contribution in [0.25, 0.3) is 5.57 Å². The van der Waals surface area contributed by atoms with Gasteiger partial charge in [0.1, 0.15) is 5.75 Å². The summed E-state index contributed by atoms with van der Waals surface area (Å²) in [5, 5.41) is 13.3. The van der Waals surface area contributed by atoms with Crippen molar-refractivity contribution in [2.75, 3.05) is 13.7 Å². The van der Waals surface area contributed by atoms with Crippen LogP contribution in [0.2, 0.25) is 0 Å². The topological polar surface area (TPSA) is 67.5 Å². The number of aryl methyl sites for hydroxylation is 1. The van der Waals surface area contributed by atoms with Crippen LogP contribution in [0.1, 0.15) is 82.9 Å². The molecule has 0 bridgehead atoms. The van der Waals surface area contributed by atoms with E-state index < -0.39 is 0 Å². The summed E-state index contributed by atoms with van der Waals surface area (Å²) in [7, 11) is 1.72. The third kappa shape index (κ3) is 10.9. The molecule has 0 spiro atoms. The van der Waals surface area contributed by atoms with Gasteiger partial charge in [0.15, 0.2) is 0 Å². The van der Waals surface area contributed by atoms with Gasteiger partial charge in [-0.3, -0.25) is 0 Å². The highest BCUT2D eigenvalue weighted by Gasteiger charge is 2.23. The van der Waals surface area contributed by atoms with Gasteiger partial charge in [-0.25, -0.2) is 0 Å². The lowest BCUT2D eigenvalue weighted by Crippen LogP contribution is -2.39. The molecule has 2 aromatic rings. The molecule has 2 unspecified atom stereocenters. The minimum absolute atomic E-state index is 0.0272. The number of unbranched alkanes of at least 4 members (excludes halogenated alkanes) is 1. The summed E-state index contributed by atoms with van der Waals surface area (Å²) in [6.45, 7) is 13.7. The average molecular weight is 560 g/mol. The number of benzene rings is 2. The van der Waals surface area contributed by atoms with Crippen molar-refractivity contribution in [3.63, 3.8) is 0 Å². The van der Waals surface area contributed by atoms with Gasteiger partial charge in [0, 0.05) is 23.7 Å². The molecule has 2 atom stereocenters. The number of halogens is 1. The molecule has 0 fully saturated rings. The minimum atomic E-state index is -0.0272. The van der Waals surface area contributed by atoms with Crippen LogP contribution in [0.5, 0.6) is 5.75 Å². The van der Waals surface area contributed by atoms with Crippen LogP contribution in [0.4, 0.5) is 0 Å². The van der Waals surface area contributed by atoms with E-state index in [9.17, 15) is 5.11 Å². The van der Waals surface area contributed by atoms with Crippen LogP contribution in [-0.4, -0.2) is 30.9 Å². The lowest BCUT2D eigenvalue weighted by Gasteiger charge is -2.27. The lowest BCUT2D eigenvalue weighted by molar-refractivity contribution is 0.126. The molecule has 5 heteroatoms. The van der Waals surface area contributed by atoms with Gasteiger partial charge in [-0.05, 0) is 61.1 Å². The molecular formula is C31H47BrN2O2. The number of aromatic hydroxyl groups is 1. The van der Waals surface area contributed by atoms with Gasteiger partial charge in [0.25, 0.3) is 0 Å². The Morgan fingerprint density at radius 3 is 2.36 bits per heavy atom. The zero-order chi connectivity index (χ0) is 27.1. The number of ether oxygens (including phenoxy) is 1. The number of nitrogens with one attached hydrogen (secondary N) is 1. The second-order valence-electron chi connectivity index (χ2n) is 9.21. The summed E-state index contributed by atoms with van der Waals surface area (Å²) >= 11 is 3.66. The molecular weight excluding hydrogens is 512 g/mol. The molecule has 0 amide bonds. The second kappa shape index (κ2) is 17.4. The molecule has 2 aromatic carbocycles. The number of phenols is 1. The summed E-state index contributed by atoms with van der Waals surface area (Å²) in [6, 6.07) is 16.1. The van der Waals surface area contributed by atoms with E-state index >= 15 is 0 Å². The summed E-state index contributed by atoms with van der Waals surface area (Å²) in [6.07, 6.45) is 5.85. The van der Waals surface area contributed by atoms with Crippen molar-refractivity contribution in [3.8, 4) is 5.75 Å². The normalized spacial score (nSPS) is 21.2. The Morgan fingerprint density at radius 1 is 1.14 bits per heavy atom. The molecule has 4 nitrogen and oxygen atoms in total. The number of phenolic OH excluding ortho intramolecular Hbond substituents is 1. The van der Waals surface area contributed by atoms with Crippen molar-refractivity contribution in [2.24, 2.45) is 5.73 Å². The van der Waals surface area contributed by atoms with Crippen molar-refractivity contribution in [3.05, 3.63) is 81.5 Å². The molecule has 0 aliphatic heterocycles. The molecule has 36 heavy (non-hydrogen) atoms. The van der Waals surface area contributed by atoms with E-state index in [0.29, 0.717) is 12.3 Å². The molecule has 0 saturated carbocycles. The number of rotatable bonds is 7. The largest absolute Gasteiger partial charge is 0.508 e. The SMILES string of the molecule is CC.CCCCNC1CC(OC)/C=C(/c2cccc(O)c2)C/C(Br)=C\1N.Cc1ccc(C(C)C)cc1. The van der Waals surface area contributed by atoms with Crippen molar-refractivity contribution in [2.45, 2.75) is 85.3 Å². The van der Waals surface area contributed by atoms with E-state index in [0.717, 1.165) is 47.1 Å². The molecule has 0 aromatic heterocycles. The molecule has 0 radical (unpaired) electrons. The highest BCUT2D eigenvalue weighted by Crippen LogP contribution is 2.32. The maximum atomic E-state index is 9.76. The first-order valence-corrected chi connectivity index (χ1v) is 14.0. The molecule has 1 aliphatic carbocycles. The fourth-order valence-corrected chi connectivity index (χ4v) is 4.41. The molecule has 1 aliphatic rings. The Balaban J connectivity index is 0.000000450. The Morgan fingerprint density at radius 2 is 1.81 bits per heavy atom. The molecule has 0 heterocycles. The van der Waals surface area contributed by atoms with E-state index in [4.69, 9.17) is 10.5 Å². The summed E-state index contributed by atoms with van der Waals surface area (Å²) in [4.78, 5) is 0. The van der Waals surface area contributed by atoms with Crippen LogP contribution in [-0.2, 0) is 4.74 Å². The van der Waals surface area contributed by atoms with Gasteiger partial charge < -0.3 is 20.9 Å². The zero-order valence-corrected chi connectivity index (χ0v) is 24.9. The van der Waals surface area contributed by atoms with E-state index in [-0.39, 0.29) is 17.9 Å². The van der Waals surface area contributed by atoms with E-state index in [1.54, 1.807) is 19.2 Å².